The van der Waals surface area contributed by atoms with E-state index in [0.29, 0.717) is 0 Å². The van der Waals surface area contributed by atoms with E-state index in [1.165, 1.54) is 38.5 Å². The van der Waals surface area contributed by atoms with E-state index in [9.17, 15) is 0 Å². The zero-order valence-electron chi connectivity index (χ0n) is 23.3. The van der Waals surface area contributed by atoms with E-state index in [0.717, 1.165) is 41.4 Å². The summed E-state index contributed by atoms with van der Waals surface area (Å²) in [5.74, 6) is 6.21. The average Bonchev–Trinajstić information content (AvgIpc) is 2.52. The molecule has 0 radical (unpaired) electrons. The maximum absolute atomic E-state index is 2.30. The van der Waals surface area contributed by atoms with Crippen molar-refractivity contribution in [1.29, 1.82) is 0 Å². The Kier molecular flexibility index (Phi) is 75.0. The van der Waals surface area contributed by atoms with Crippen molar-refractivity contribution in [3.63, 3.8) is 0 Å². The van der Waals surface area contributed by atoms with Gasteiger partial charge in [0, 0.05) is 0 Å². The van der Waals surface area contributed by atoms with E-state index in [2.05, 4.69) is 104 Å². The van der Waals surface area contributed by atoms with Gasteiger partial charge in [0.15, 0.2) is 0 Å². The lowest BCUT2D eigenvalue weighted by Gasteiger charge is -2.13. The molecule has 0 aromatic rings. The molecule has 0 heteroatoms. The SMILES string of the molecule is C.C.C.C.C.CC(C)C(C)C.CC(C)CC(C)C.CCC(CC)CC(C)C.CCCC(C)C. The Labute approximate surface area is 220 Å². The van der Waals surface area contributed by atoms with Gasteiger partial charge in [-0.1, -0.05) is 167 Å². The first kappa shape index (κ1) is 58.7. The molecule has 216 valence electrons. The minimum Gasteiger partial charge on any atom is -0.0776 e. The number of hydrogen-bond acceptors (Lipinski definition) is 0. The Hall–Kier alpha value is 0. The Morgan fingerprint density at radius 2 is 0.667 bits per heavy atom. The summed E-state index contributed by atoms with van der Waals surface area (Å²) in [6.07, 6.45) is 8.19. The van der Waals surface area contributed by atoms with Crippen LogP contribution in [0.3, 0.4) is 0 Å². The van der Waals surface area contributed by atoms with Gasteiger partial charge in [-0.15, -0.1) is 0 Å². The van der Waals surface area contributed by atoms with Crippen LogP contribution >= 0.6 is 0 Å². The van der Waals surface area contributed by atoms with E-state index in [-0.39, 0.29) is 37.1 Å². The number of rotatable bonds is 9. The fourth-order valence-corrected chi connectivity index (χ4v) is 2.81. The van der Waals surface area contributed by atoms with Gasteiger partial charge in [-0.25, -0.2) is 0 Å². The predicted molar refractivity (Wildman–Crippen MR) is 171 cm³/mol. The van der Waals surface area contributed by atoms with Gasteiger partial charge in [-0.2, -0.15) is 0 Å². The smallest absolute Gasteiger partial charge is 0.0417 e. The zero-order valence-corrected chi connectivity index (χ0v) is 23.3. The van der Waals surface area contributed by atoms with Gasteiger partial charge in [0.25, 0.3) is 0 Å². The van der Waals surface area contributed by atoms with Crippen molar-refractivity contribution in [1.82, 2.24) is 0 Å². The monoisotopic (exact) mass is 481 g/mol. The van der Waals surface area contributed by atoms with E-state index >= 15 is 0 Å². The molecule has 0 aromatic heterocycles. The Bertz CT molecular complexity index is 229. The Morgan fingerprint density at radius 1 is 0.394 bits per heavy atom. The molecule has 0 bridgehead atoms. The minimum absolute atomic E-state index is 0. The molecule has 0 N–H and O–H groups in total. The molecule has 0 atom stereocenters. The fourth-order valence-electron chi connectivity index (χ4n) is 2.81. The van der Waals surface area contributed by atoms with Crippen LogP contribution in [0.2, 0.25) is 0 Å². The van der Waals surface area contributed by atoms with E-state index in [1.54, 1.807) is 0 Å². The summed E-state index contributed by atoms with van der Waals surface area (Å²) in [5, 5.41) is 0. The van der Waals surface area contributed by atoms with Crippen LogP contribution in [-0.2, 0) is 0 Å². The fraction of sp³-hybridized carbons (Fsp3) is 1.00. The van der Waals surface area contributed by atoms with Crippen molar-refractivity contribution in [3.05, 3.63) is 0 Å². The molecular weight excluding hydrogens is 396 g/mol. The molecular formula is C33H84. The van der Waals surface area contributed by atoms with Crippen LogP contribution in [0.1, 0.15) is 180 Å². The standard InChI is InChI=1S/C9H20.C7H16.2C6H14.5CH4/c1-5-9(6-2)7-8(3)4;1-6(2)5-7(3)4;1-5(2)6(3)4;1-4-5-6(2)3;;;;;/h8-9H,5-7H2,1-4H3;6-7H,5H2,1-4H3;5-6H,1-4H3;6H,4-5H2,1-3H3;5*1H4. The minimum atomic E-state index is 0. The molecule has 0 aromatic carbocycles. The second-order valence-corrected chi connectivity index (χ2v) is 11.0. The van der Waals surface area contributed by atoms with Crippen molar-refractivity contribution < 1.29 is 0 Å². The first-order chi connectivity index (χ1) is 12.7. The summed E-state index contributed by atoms with van der Waals surface area (Å²) < 4.78 is 0. The molecule has 0 aliphatic carbocycles. The van der Waals surface area contributed by atoms with Crippen molar-refractivity contribution in [2.24, 2.45) is 41.4 Å². The summed E-state index contributed by atoms with van der Waals surface area (Å²) in [4.78, 5) is 0. The summed E-state index contributed by atoms with van der Waals surface area (Å²) in [5.41, 5.74) is 0. The first-order valence-electron chi connectivity index (χ1n) is 12.7. The highest BCUT2D eigenvalue weighted by Crippen LogP contribution is 2.17. The van der Waals surface area contributed by atoms with Crippen LogP contribution in [0.4, 0.5) is 0 Å². The largest absolute Gasteiger partial charge is 0.0776 e. The van der Waals surface area contributed by atoms with E-state index in [1.807, 2.05) is 0 Å². The van der Waals surface area contributed by atoms with E-state index < -0.39 is 0 Å². The Balaban J connectivity index is -0.0000000320. The molecule has 0 fully saturated rings. The topological polar surface area (TPSA) is 0 Å². The van der Waals surface area contributed by atoms with Crippen molar-refractivity contribution in [2.45, 2.75) is 180 Å². The second kappa shape index (κ2) is 42.2. The molecule has 0 aliphatic heterocycles. The number of hydrogen-bond donors (Lipinski definition) is 0. The summed E-state index contributed by atoms with van der Waals surface area (Å²) in [6, 6.07) is 0. The first-order valence-corrected chi connectivity index (χ1v) is 12.7. The predicted octanol–water partition coefficient (Wildman–Crippen LogP) is 14.1. The maximum Gasteiger partial charge on any atom is -0.0417 e. The second-order valence-electron chi connectivity index (χ2n) is 11.0. The lowest BCUT2D eigenvalue weighted by atomic mass is 9.93. The molecule has 33 heavy (non-hydrogen) atoms. The third kappa shape index (κ3) is 79.8. The van der Waals surface area contributed by atoms with Crippen LogP contribution < -0.4 is 0 Å². The Morgan fingerprint density at radius 3 is 0.697 bits per heavy atom. The van der Waals surface area contributed by atoms with Crippen LogP contribution in [0.25, 0.3) is 0 Å². The van der Waals surface area contributed by atoms with Gasteiger partial charge in [0.1, 0.15) is 0 Å². The summed E-state index contributed by atoms with van der Waals surface area (Å²) in [6.45, 7) is 33.9. The molecule has 0 nitrogen and oxygen atoms in total. The molecule has 0 heterocycles. The maximum atomic E-state index is 2.30. The van der Waals surface area contributed by atoms with Crippen molar-refractivity contribution >= 4 is 0 Å². The van der Waals surface area contributed by atoms with Crippen LogP contribution in [0, 0.1) is 41.4 Å². The van der Waals surface area contributed by atoms with Gasteiger partial charge >= 0.3 is 0 Å². The van der Waals surface area contributed by atoms with Crippen molar-refractivity contribution in [2.75, 3.05) is 0 Å². The zero-order chi connectivity index (χ0) is 23.3. The third-order valence-electron chi connectivity index (χ3n) is 5.10. The highest BCUT2D eigenvalue weighted by Gasteiger charge is 2.04. The van der Waals surface area contributed by atoms with Gasteiger partial charge in [-0.05, 0) is 54.3 Å². The quantitative estimate of drug-likeness (QED) is 0.307. The molecule has 0 saturated heterocycles. The van der Waals surface area contributed by atoms with Crippen molar-refractivity contribution in [3.8, 4) is 0 Å². The van der Waals surface area contributed by atoms with Gasteiger partial charge in [0.05, 0.1) is 0 Å². The molecule has 0 spiro atoms. The third-order valence-corrected chi connectivity index (χ3v) is 5.10. The molecule has 0 amide bonds. The van der Waals surface area contributed by atoms with E-state index in [4.69, 9.17) is 0 Å². The van der Waals surface area contributed by atoms with Crippen LogP contribution in [0.15, 0.2) is 0 Å². The van der Waals surface area contributed by atoms with Gasteiger partial charge in [0.2, 0.25) is 0 Å². The highest BCUT2D eigenvalue weighted by atomic mass is 14.1. The summed E-state index contributed by atoms with van der Waals surface area (Å²) >= 11 is 0. The van der Waals surface area contributed by atoms with Gasteiger partial charge < -0.3 is 0 Å². The lowest BCUT2D eigenvalue weighted by Crippen LogP contribution is -2.00. The molecule has 0 rings (SSSR count). The van der Waals surface area contributed by atoms with Gasteiger partial charge in [-0.3, -0.25) is 0 Å². The highest BCUT2D eigenvalue weighted by molar-refractivity contribution is 4.56. The molecule has 0 saturated carbocycles. The molecule has 0 unspecified atom stereocenters. The molecule has 0 aliphatic rings. The average molecular weight is 481 g/mol. The van der Waals surface area contributed by atoms with Crippen LogP contribution in [0.5, 0.6) is 0 Å². The normalized spacial score (nSPS) is 9.27. The lowest BCUT2D eigenvalue weighted by molar-refractivity contribution is 0.388. The summed E-state index contributed by atoms with van der Waals surface area (Å²) in [7, 11) is 0. The van der Waals surface area contributed by atoms with Crippen LogP contribution in [-0.4, -0.2) is 0 Å².